The van der Waals surface area contributed by atoms with Crippen molar-refractivity contribution in [3.63, 3.8) is 0 Å². The molecule has 1 aromatic heterocycles. The zero-order valence-corrected chi connectivity index (χ0v) is 23.7. The van der Waals surface area contributed by atoms with Gasteiger partial charge in [0.15, 0.2) is 0 Å². The number of likely N-dealkylation sites (tertiary alicyclic amines) is 1. The number of ether oxygens (including phenoxy) is 1. The highest BCUT2D eigenvalue weighted by atomic mass is 32.1. The zero-order valence-electron chi connectivity index (χ0n) is 22.9. The van der Waals surface area contributed by atoms with Crippen molar-refractivity contribution in [2.75, 3.05) is 13.7 Å². The Balaban J connectivity index is 1.46. The number of β-amino-alcohol motifs (C(OH)–C–C–N with tert-alkyl or cyclic N) is 1. The first-order valence-electron chi connectivity index (χ1n) is 13.0. The van der Waals surface area contributed by atoms with Crippen molar-refractivity contribution in [1.29, 1.82) is 5.26 Å². The molecule has 1 aromatic carbocycles. The number of aliphatic hydroxyl groups excluding tert-OH is 1. The molecule has 2 heterocycles. The van der Waals surface area contributed by atoms with Gasteiger partial charge in [0.2, 0.25) is 17.7 Å². The molecule has 2 aliphatic rings. The van der Waals surface area contributed by atoms with E-state index in [1.54, 1.807) is 12.6 Å². The highest BCUT2D eigenvalue weighted by molar-refractivity contribution is 7.13. The summed E-state index contributed by atoms with van der Waals surface area (Å²) in [5, 5.41) is 25.4. The van der Waals surface area contributed by atoms with E-state index in [-0.39, 0.29) is 19.5 Å². The molecule has 0 spiro atoms. The first-order chi connectivity index (χ1) is 18.4. The Labute approximate surface area is 232 Å². The Kier molecular flexibility index (Phi) is 8.00. The van der Waals surface area contributed by atoms with Crippen LogP contribution in [0.15, 0.2) is 23.7 Å². The number of carbonyl (C=O) groups is 3. The van der Waals surface area contributed by atoms with Crippen LogP contribution >= 0.6 is 11.3 Å². The summed E-state index contributed by atoms with van der Waals surface area (Å²) in [7, 11) is 1.59. The number of hydrogen-bond acceptors (Lipinski definition) is 8. The van der Waals surface area contributed by atoms with Gasteiger partial charge in [-0.15, -0.1) is 11.3 Å². The topological polar surface area (TPSA) is 145 Å². The average molecular weight is 554 g/mol. The first-order valence-corrected chi connectivity index (χ1v) is 13.8. The number of benzene rings is 1. The maximum atomic E-state index is 13.7. The van der Waals surface area contributed by atoms with Crippen molar-refractivity contribution in [1.82, 2.24) is 20.5 Å². The summed E-state index contributed by atoms with van der Waals surface area (Å²) in [6.07, 6.45) is 0.154. The van der Waals surface area contributed by atoms with Crippen LogP contribution in [0.4, 0.5) is 0 Å². The van der Waals surface area contributed by atoms with Crippen molar-refractivity contribution in [2.24, 2.45) is 10.8 Å². The van der Waals surface area contributed by atoms with Gasteiger partial charge in [0.05, 0.1) is 35.4 Å². The first kappa shape index (κ1) is 28.5. The van der Waals surface area contributed by atoms with E-state index in [4.69, 9.17) is 4.74 Å². The van der Waals surface area contributed by atoms with E-state index < -0.39 is 46.7 Å². The fourth-order valence-electron chi connectivity index (χ4n) is 4.80. The summed E-state index contributed by atoms with van der Waals surface area (Å²) in [6, 6.07) is 5.90. The molecule has 10 nitrogen and oxygen atoms in total. The zero-order chi connectivity index (χ0) is 28.5. The molecule has 0 unspecified atom stereocenters. The summed E-state index contributed by atoms with van der Waals surface area (Å²) in [6.45, 7) is 7.57. The number of thiazole rings is 1. The van der Waals surface area contributed by atoms with Crippen molar-refractivity contribution >= 4 is 29.1 Å². The van der Waals surface area contributed by atoms with E-state index in [1.165, 1.54) is 16.2 Å². The molecule has 208 valence electrons. The van der Waals surface area contributed by atoms with Gasteiger partial charge in [-0.3, -0.25) is 14.4 Å². The second-order valence-electron chi connectivity index (χ2n) is 11.4. The van der Waals surface area contributed by atoms with Crippen LogP contribution in [0, 0.1) is 29.1 Å². The fraction of sp³-hybridized carbons (Fsp3) is 0.536. The van der Waals surface area contributed by atoms with Gasteiger partial charge in [-0.2, -0.15) is 5.26 Å². The van der Waals surface area contributed by atoms with Crippen molar-refractivity contribution in [2.45, 2.75) is 71.7 Å². The van der Waals surface area contributed by atoms with Gasteiger partial charge >= 0.3 is 0 Å². The number of nitrogens with one attached hydrogen (secondary N) is 2. The molecule has 1 aliphatic heterocycles. The molecule has 0 bridgehead atoms. The molecule has 2 fully saturated rings. The molecule has 3 amide bonds. The summed E-state index contributed by atoms with van der Waals surface area (Å²) >= 11 is 1.53. The number of rotatable bonds is 8. The molecule has 1 saturated heterocycles. The van der Waals surface area contributed by atoms with E-state index in [0.717, 1.165) is 21.7 Å². The number of amides is 3. The molecule has 4 rings (SSSR count). The third-order valence-corrected chi connectivity index (χ3v) is 8.34. The monoisotopic (exact) mass is 553 g/mol. The normalized spacial score (nSPS) is 20.6. The van der Waals surface area contributed by atoms with Gasteiger partial charge in [0.1, 0.15) is 23.2 Å². The number of nitriles is 1. The van der Waals surface area contributed by atoms with Crippen LogP contribution in [0.2, 0.25) is 0 Å². The van der Waals surface area contributed by atoms with E-state index in [9.17, 15) is 24.8 Å². The molecule has 0 radical (unpaired) electrons. The second-order valence-corrected chi connectivity index (χ2v) is 12.2. The van der Waals surface area contributed by atoms with Gasteiger partial charge in [-0.25, -0.2) is 4.98 Å². The molecular formula is C28H35N5O5S. The maximum Gasteiger partial charge on any atom is 0.246 e. The third-order valence-electron chi connectivity index (χ3n) is 7.37. The lowest BCUT2D eigenvalue weighted by molar-refractivity contribution is -0.144. The van der Waals surface area contributed by atoms with Crippen LogP contribution in [-0.2, 0) is 20.9 Å². The summed E-state index contributed by atoms with van der Waals surface area (Å²) < 4.78 is 5.59. The minimum Gasteiger partial charge on any atom is -0.496 e. The molecule has 2 aromatic rings. The van der Waals surface area contributed by atoms with E-state index in [2.05, 4.69) is 21.7 Å². The molecule has 3 atom stereocenters. The van der Waals surface area contributed by atoms with Crippen molar-refractivity contribution in [3.8, 4) is 22.3 Å². The third kappa shape index (κ3) is 5.92. The SMILES string of the molecule is COc1cc(CNC(=O)[C@@H]2C[C@@H](O)CN2C(=O)[C@@H](NC(=O)C2(C#N)CC2)C(C)(C)C)ccc1-c1scnc1C. The second kappa shape index (κ2) is 10.9. The Morgan fingerprint density at radius 1 is 1.33 bits per heavy atom. The Morgan fingerprint density at radius 3 is 2.62 bits per heavy atom. The van der Waals surface area contributed by atoms with E-state index in [0.29, 0.717) is 18.6 Å². The number of hydrogen-bond donors (Lipinski definition) is 3. The quantitative estimate of drug-likeness (QED) is 0.456. The lowest BCUT2D eigenvalue weighted by Gasteiger charge is -2.35. The van der Waals surface area contributed by atoms with Gasteiger partial charge < -0.3 is 25.4 Å². The Morgan fingerprint density at radius 2 is 2.05 bits per heavy atom. The van der Waals surface area contributed by atoms with Gasteiger partial charge in [0.25, 0.3) is 0 Å². The number of methoxy groups -OCH3 is 1. The van der Waals surface area contributed by atoms with Crippen LogP contribution < -0.4 is 15.4 Å². The van der Waals surface area contributed by atoms with Crippen LogP contribution in [0.25, 0.3) is 10.4 Å². The smallest absolute Gasteiger partial charge is 0.246 e. The number of aromatic nitrogens is 1. The standard InChI is InChI=1S/C28H35N5O5S/c1-16-22(39-15-31-16)19-7-6-17(10-21(19)38-5)12-30-24(35)20-11-18(34)13-33(20)25(36)23(27(2,3)4)32-26(37)28(14-29)8-9-28/h6-7,10,15,18,20,23,34H,8-9,11-13H2,1-5H3,(H,30,35)(H,32,37)/t18-,20+,23-/m1/s1. The maximum absolute atomic E-state index is 13.7. The average Bonchev–Trinajstić information content (AvgIpc) is 3.44. The van der Waals surface area contributed by atoms with Gasteiger partial charge in [0, 0.05) is 25.1 Å². The fourth-order valence-corrected chi connectivity index (χ4v) is 5.64. The van der Waals surface area contributed by atoms with E-state index in [1.807, 2.05) is 45.9 Å². The highest BCUT2D eigenvalue weighted by Gasteiger charge is 2.53. The van der Waals surface area contributed by atoms with Crippen molar-refractivity contribution < 1.29 is 24.2 Å². The summed E-state index contributed by atoms with van der Waals surface area (Å²) in [5.74, 6) is -0.648. The molecule has 1 saturated carbocycles. The highest BCUT2D eigenvalue weighted by Crippen LogP contribution is 2.45. The van der Waals surface area contributed by atoms with Crippen LogP contribution in [0.1, 0.15) is 51.3 Å². The molecular weight excluding hydrogens is 518 g/mol. The number of carbonyl (C=O) groups excluding carboxylic acids is 3. The predicted octanol–water partition coefficient (Wildman–Crippen LogP) is 2.54. The van der Waals surface area contributed by atoms with Crippen LogP contribution in [0.3, 0.4) is 0 Å². The van der Waals surface area contributed by atoms with Crippen LogP contribution in [-0.4, -0.2) is 64.6 Å². The minimum absolute atomic E-state index is 0.0144. The van der Waals surface area contributed by atoms with Gasteiger partial charge in [-0.1, -0.05) is 26.8 Å². The van der Waals surface area contributed by atoms with Crippen LogP contribution in [0.5, 0.6) is 5.75 Å². The Hall–Kier alpha value is -3.49. The molecule has 39 heavy (non-hydrogen) atoms. The van der Waals surface area contributed by atoms with E-state index >= 15 is 0 Å². The number of aliphatic hydroxyl groups is 1. The largest absolute Gasteiger partial charge is 0.496 e. The lowest BCUT2D eigenvalue weighted by Crippen LogP contribution is -2.58. The van der Waals surface area contributed by atoms with Gasteiger partial charge in [-0.05, 0) is 42.9 Å². The number of nitrogens with zero attached hydrogens (tertiary/aromatic N) is 3. The predicted molar refractivity (Wildman–Crippen MR) is 145 cm³/mol. The lowest BCUT2D eigenvalue weighted by atomic mass is 9.85. The summed E-state index contributed by atoms with van der Waals surface area (Å²) in [4.78, 5) is 46.4. The molecule has 3 N–H and O–H groups in total. The number of aryl methyl sites for hydroxylation is 1. The minimum atomic E-state index is -1.08. The Bertz CT molecular complexity index is 1310. The molecule has 11 heteroatoms. The summed E-state index contributed by atoms with van der Waals surface area (Å²) in [5.41, 5.74) is 2.66. The van der Waals surface area contributed by atoms with Crippen molar-refractivity contribution in [3.05, 3.63) is 35.0 Å². The molecule has 1 aliphatic carbocycles.